The topological polar surface area (TPSA) is 78.7 Å². The highest BCUT2D eigenvalue weighted by Gasteiger charge is 2.29. The molecule has 0 aliphatic carbocycles. The molecule has 198 valence electrons. The van der Waals surface area contributed by atoms with E-state index in [9.17, 15) is 9.59 Å². The number of rotatable bonds is 6. The summed E-state index contributed by atoms with van der Waals surface area (Å²) in [7, 11) is 0. The highest BCUT2D eigenvalue weighted by Crippen LogP contribution is 2.32. The fraction of sp³-hybridized carbons (Fsp3) is 0.121. The van der Waals surface area contributed by atoms with Crippen LogP contribution < -0.4 is 10.2 Å². The van der Waals surface area contributed by atoms with E-state index in [4.69, 9.17) is 4.42 Å². The predicted octanol–water partition coefficient (Wildman–Crippen LogP) is 6.22. The van der Waals surface area contributed by atoms with Crippen LogP contribution in [0.4, 0.5) is 11.4 Å². The predicted molar refractivity (Wildman–Crippen MR) is 156 cm³/mol. The number of anilines is 2. The quantitative estimate of drug-likeness (QED) is 0.283. The molecule has 1 fully saturated rings. The molecule has 0 bridgehead atoms. The van der Waals surface area contributed by atoms with Gasteiger partial charge in [0.15, 0.2) is 11.5 Å². The third-order valence-electron chi connectivity index (χ3n) is 6.98. The normalized spacial score (nSPS) is 13.2. The first-order valence-corrected chi connectivity index (χ1v) is 13.3. The molecule has 4 aromatic carbocycles. The SMILES string of the molecule is O=C(Nc1ccc(-c2oc(-c3ccccc3)nc2C(=O)N2CCN(c3ccccc3)CC2)cc1)c1ccccc1. The first kappa shape index (κ1) is 25.1. The van der Waals surface area contributed by atoms with Gasteiger partial charge in [0, 0.05) is 54.2 Å². The maximum Gasteiger partial charge on any atom is 0.276 e. The van der Waals surface area contributed by atoms with Gasteiger partial charge in [0.05, 0.1) is 0 Å². The Balaban J connectivity index is 1.25. The van der Waals surface area contributed by atoms with Crippen molar-refractivity contribution < 1.29 is 14.0 Å². The van der Waals surface area contributed by atoms with Crippen molar-refractivity contribution in [2.45, 2.75) is 0 Å². The minimum Gasteiger partial charge on any atom is -0.435 e. The van der Waals surface area contributed by atoms with Crippen LogP contribution in [-0.2, 0) is 0 Å². The van der Waals surface area contributed by atoms with Crippen molar-refractivity contribution in [2.24, 2.45) is 0 Å². The lowest BCUT2D eigenvalue weighted by Gasteiger charge is -2.35. The van der Waals surface area contributed by atoms with Crippen LogP contribution in [0, 0.1) is 0 Å². The van der Waals surface area contributed by atoms with Crippen molar-refractivity contribution >= 4 is 23.2 Å². The smallest absolute Gasteiger partial charge is 0.276 e. The number of para-hydroxylation sites is 1. The Kier molecular flexibility index (Phi) is 7.09. The standard InChI is InChI=1S/C33H28N4O3/c38-31(25-10-4-1-5-11-25)34-27-18-16-24(17-19-27)30-29(35-32(40-30)26-12-6-2-7-13-26)33(39)37-22-20-36(21-23-37)28-14-8-3-9-15-28/h1-19H,20-23H2,(H,34,38). The molecule has 0 radical (unpaired) electrons. The monoisotopic (exact) mass is 528 g/mol. The molecule has 2 amide bonds. The summed E-state index contributed by atoms with van der Waals surface area (Å²) in [5, 5.41) is 2.91. The van der Waals surface area contributed by atoms with Crippen LogP contribution >= 0.6 is 0 Å². The highest BCUT2D eigenvalue weighted by molar-refractivity contribution is 6.04. The van der Waals surface area contributed by atoms with E-state index >= 15 is 0 Å². The van der Waals surface area contributed by atoms with Crippen LogP contribution in [0.15, 0.2) is 120 Å². The first-order chi connectivity index (χ1) is 19.7. The van der Waals surface area contributed by atoms with Gasteiger partial charge in [-0.3, -0.25) is 9.59 Å². The fourth-order valence-electron chi connectivity index (χ4n) is 4.82. The van der Waals surface area contributed by atoms with E-state index in [0.717, 1.165) is 24.3 Å². The zero-order valence-corrected chi connectivity index (χ0v) is 21.9. The Hall–Kier alpha value is -5.17. The van der Waals surface area contributed by atoms with Crippen molar-refractivity contribution in [1.29, 1.82) is 0 Å². The Morgan fingerprint density at radius 2 is 1.27 bits per heavy atom. The number of hydrogen-bond donors (Lipinski definition) is 1. The van der Waals surface area contributed by atoms with Gasteiger partial charge in [-0.05, 0) is 60.7 Å². The van der Waals surface area contributed by atoms with E-state index in [1.54, 1.807) is 24.3 Å². The maximum absolute atomic E-state index is 13.8. The molecular formula is C33H28N4O3. The van der Waals surface area contributed by atoms with E-state index in [1.807, 2.05) is 83.8 Å². The van der Waals surface area contributed by atoms with Gasteiger partial charge in [-0.25, -0.2) is 4.98 Å². The van der Waals surface area contributed by atoms with E-state index in [2.05, 4.69) is 27.3 Å². The summed E-state index contributed by atoms with van der Waals surface area (Å²) in [6, 6.07) is 36.1. The number of carbonyl (C=O) groups is 2. The molecule has 0 unspecified atom stereocenters. The van der Waals surface area contributed by atoms with Gasteiger partial charge in [-0.1, -0.05) is 54.6 Å². The minimum atomic E-state index is -0.190. The van der Waals surface area contributed by atoms with Gasteiger partial charge >= 0.3 is 0 Å². The second kappa shape index (κ2) is 11.3. The molecule has 40 heavy (non-hydrogen) atoms. The molecular weight excluding hydrogens is 500 g/mol. The number of oxazole rings is 1. The number of amides is 2. The van der Waals surface area contributed by atoms with Gasteiger partial charge in [0.2, 0.25) is 5.89 Å². The Labute approximate surface area is 232 Å². The summed E-state index contributed by atoms with van der Waals surface area (Å²) in [6.45, 7) is 2.66. The number of benzene rings is 4. The van der Waals surface area contributed by atoms with Gasteiger partial charge in [-0.2, -0.15) is 0 Å². The second-order valence-corrected chi connectivity index (χ2v) is 9.58. The average molecular weight is 529 g/mol. The van der Waals surface area contributed by atoms with Crippen LogP contribution in [0.1, 0.15) is 20.8 Å². The van der Waals surface area contributed by atoms with Crippen LogP contribution in [0.2, 0.25) is 0 Å². The van der Waals surface area contributed by atoms with Crippen LogP contribution in [0.3, 0.4) is 0 Å². The zero-order valence-electron chi connectivity index (χ0n) is 21.9. The number of aromatic nitrogens is 1. The molecule has 1 N–H and O–H groups in total. The Morgan fingerprint density at radius 3 is 1.93 bits per heavy atom. The molecule has 1 saturated heterocycles. The second-order valence-electron chi connectivity index (χ2n) is 9.58. The van der Waals surface area contributed by atoms with Crippen molar-refractivity contribution in [1.82, 2.24) is 9.88 Å². The summed E-state index contributed by atoms with van der Waals surface area (Å²) in [5.74, 6) is 0.457. The van der Waals surface area contributed by atoms with Crippen molar-refractivity contribution in [2.75, 3.05) is 36.4 Å². The highest BCUT2D eigenvalue weighted by atomic mass is 16.4. The number of piperazine rings is 1. The molecule has 0 atom stereocenters. The van der Waals surface area contributed by atoms with Crippen molar-refractivity contribution in [3.8, 4) is 22.8 Å². The lowest BCUT2D eigenvalue weighted by Crippen LogP contribution is -2.49. The molecule has 0 spiro atoms. The summed E-state index contributed by atoms with van der Waals surface area (Å²) >= 11 is 0. The van der Waals surface area contributed by atoms with Crippen molar-refractivity contribution in [3.63, 3.8) is 0 Å². The Bertz CT molecular complexity index is 1590. The van der Waals surface area contributed by atoms with Gasteiger partial charge in [-0.15, -0.1) is 0 Å². The van der Waals surface area contributed by atoms with E-state index in [1.165, 1.54) is 0 Å². The third kappa shape index (κ3) is 5.35. The van der Waals surface area contributed by atoms with Crippen LogP contribution in [0.5, 0.6) is 0 Å². The van der Waals surface area contributed by atoms with Gasteiger partial charge in [0.1, 0.15) is 0 Å². The van der Waals surface area contributed by atoms with E-state index in [-0.39, 0.29) is 17.5 Å². The number of nitrogens with one attached hydrogen (secondary N) is 1. The molecule has 6 rings (SSSR count). The third-order valence-corrected chi connectivity index (χ3v) is 6.98. The molecule has 1 aliphatic heterocycles. The number of hydrogen-bond acceptors (Lipinski definition) is 5. The van der Waals surface area contributed by atoms with E-state index in [0.29, 0.717) is 41.6 Å². The molecule has 0 saturated carbocycles. The molecule has 2 heterocycles. The summed E-state index contributed by atoms with van der Waals surface area (Å²) in [6.07, 6.45) is 0. The summed E-state index contributed by atoms with van der Waals surface area (Å²) in [5.41, 5.74) is 4.16. The minimum absolute atomic E-state index is 0.157. The Morgan fingerprint density at radius 1 is 0.675 bits per heavy atom. The number of carbonyl (C=O) groups excluding carboxylic acids is 2. The molecule has 7 heteroatoms. The molecule has 1 aromatic heterocycles. The molecule has 7 nitrogen and oxygen atoms in total. The first-order valence-electron chi connectivity index (χ1n) is 13.3. The fourth-order valence-corrected chi connectivity index (χ4v) is 4.82. The zero-order chi connectivity index (χ0) is 27.3. The average Bonchev–Trinajstić information content (AvgIpc) is 3.48. The van der Waals surface area contributed by atoms with Crippen LogP contribution in [-0.4, -0.2) is 47.9 Å². The number of nitrogens with zero attached hydrogens (tertiary/aromatic N) is 3. The largest absolute Gasteiger partial charge is 0.435 e. The summed E-state index contributed by atoms with van der Waals surface area (Å²) < 4.78 is 6.22. The van der Waals surface area contributed by atoms with E-state index < -0.39 is 0 Å². The van der Waals surface area contributed by atoms with Crippen LogP contribution in [0.25, 0.3) is 22.8 Å². The summed E-state index contributed by atoms with van der Waals surface area (Å²) in [4.78, 5) is 35.1. The molecule has 1 aliphatic rings. The van der Waals surface area contributed by atoms with Gasteiger partial charge in [0.25, 0.3) is 11.8 Å². The van der Waals surface area contributed by atoms with Gasteiger partial charge < -0.3 is 19.5 Å². The maximum atomic E-state index is 13.8. The lowest BCUT2D eigenvalue weighted by atomic mass is 10.1. The molecule has 5 aromatic rings. The van der Waals surface area contributed by atoms with Crippen molar-refractivity contribution in [3.05, 3.63) is 127 Å². The lowest BCUT2D eigenvalue weighted by molar-refractivity contribution is 0.0741.